The normalized spacial score (nSPS) is 15.3. The van der Waals surface area contributed by atoms with Gasteiger partial charge in [-0.25, -0.2) is 0 Å². The minimum atomic E-state index is -0.0478. The number of likely N-dealkylation sites (N-methyl/N-ethyl adjacent to an activating group) is 1. The molecule has 20 heavy (non-hydrogen) atoms. The number of carbonyl (C=O) groups excluding carboxylic acids is 1. The largest absolute Gasteiger partial charge is 0.494 e. The van der Waals surface area contributed by atoms with Crippen LogP contribution in [-0.2, 0) is 0 Å². The number of likely N-dealkylation sites (tertiary alicyclic amines) is 1. The lowest BCUT2D eigenvalue weighted by Gasteiger charge is -2.22. The Balaban J connectivity index is 2.00. The number of ether oxygens (including phenoxy) is 1. The second-order valence-electron chi connectivity index (χ2n) is 5.20. The number of hydrogen-bond acceptors (Lipinski definition) is 4. The van der Waals surface area contributed by atoms with Gasteiger partial charge >= 0.3 is 0 Å². The third-order valence-electron chi connectivity index (χ3n) is 3.78. The summed E-state index contributed by atoms with van der Waals surface area (Å²) >= 11 is 0. The van der Waals surface area contributed by atoms with Gasteiger partial charge in [-0.3, -0.25) is 4.79 Å². The van der Waals surface area contributed by atoms with Crippen LogP contribution < -0.4 is 10.5 Å². The van der Waals surface area contributed by atoms with Gasteiger partial charge in [0.1, 0.15) is 0 Å². The van der Waals surface area contributed by atoms with Gasteiger partial charge in [-0.05, 0) is 38.1 Å². The van der Waals surface area contributed by atoms with Crippen molar-refractivity contribution < 1.29 is 9.53 Å². The van der Waals surface area contributed by atoms with E-state index in [0.717, 1.165) is 26.2 Å². The number of hydrogen-bond donors (Lipinski definition) is 1. The van der Waals surface area contributed by atoms with E-state index in [2.05, 4.69) is 4.90 Å². The van der Waals surface area contributed by atoms with Crippen LogP contribution >= 0.6 is 0 Å². The molecule has 0 atom stereocenters. The van der Waals surface area contributed by atoms with E-state index in [1.807, 2.05) is 7.05 Å². The van der Waals surface area contributed by atoms with Gasteiger partial charge in [0.15, 0.2) is 5.75 Å². The molecule has 0 aromatic heterocycles. The van der Waals surface area contributed by atoms with E-state index in [1.54, 1.807) is 23.1 Å². The van der Waals surface area contributed by atoms with Crippen molar-refractivity contribution in [2.45, 2.75) is 12.8 Å². The number of nitrogens with zero attached hydrogens (tertiary/aromatic N) is 2. The van der Waals surface area contributed by atoms with Gasteiger partial charge in [-0.15, -0.1) is 0 Å². The summed E-state index contributed by atoms with van der Waals surface area (Å²) in [5, 5.41) is 0. The first-order chi connectivity index (χ1) is 9.63. The van der Waals surface area contributed by atoms with Gasteiger partial charge in [0, 0.05) is 20.1 Å². The van der Waals surface area contributed by atoms with E-state index in [0.29, 0.717) is 17.0 Å². The SMILES string of the molecule is COc1c(N)cccc1C(=O)N(C)CCN1CCCC1. The number of benzene rings is 1. The number of nitrogens with two attached hydrogens (primary N) is 1. The molecule has 0 spiro atoms. The molecule has 0 saturated carbocycles. The quantitative estimate of drug-likeness (QED) is 0.828. The standard InChI is InChI=1S/C15H23N3O2/c1-17(10-11-18-8-3-4-9-18)15(19)12-6-5-7-13(16)14(12)20-2/h5-7H,3-4,8-11,16H2,1-2H3. The van der Waals surface area contributed by atoms with Crippen molar-refractivity contribution in [1.29, 1.82) is 0 Å². The fraction of sp³-hybridized carbons (Fsp3) is 0.533. The first-order valence-corrected chi connectivity index (χ1v) is 7.03. The molecule has 5 heteroatoms. The number of carbonyl (C=O) groups is 1. The average molecular weight is 277 g/mol. The Morgan fingerprint density at radius 3 is 2.75 bits per heavy atom. The second kappa shape index (κ2) is 6.61. The number of methoxy groups -OCH3 is 1. The van der Waals surface area contributed by atoms with Crippen LogP contribution in [0.1, 0.15) is 23.2 Å². The maximum atomic E-state index is 12.5. The van der Waals surface area contributed by atoms with E-state index in [4.69, 9.17) is 10.5 Å². The molecule has 110 valence electrons. The number of para-hydroxylation sites is 1. The van der Waals surface area contributed by atoms with Crippen molar-refractivity contribution in [3.8, 4) is 5.75 Å². The molecule has 0 bridgehead atoms. The Bertz CT molecular complexity index is 470. The topological polar surface area (TPSA) is 58.8 Å². The molecule has 0 unspecified atom stereocenters. The molecule has 1 aliphatic heterocycles. The van der Waals surface area contributed by atoms with Gasteiger partial charge < -0.3 is 20.3 Å². The molecular formula is C15H23N3O2. The lowest BCUT2D eigenvalue weighted by atomic mass is 10.1. The Hall–Kier alpha value is -1.75. The lowest BCUT2D eigenvalue weighted by Crippen LogP contribution is -2.35. The first kappa shape index (κ1) is 14.7. The van der Waals surface area contributed by atoms with Crippen LogP contribution in [-0.4, -0.2) is 56.0 Å². The number of amides is 1. The summed E-state index contributed by atoms with van der Waals surface area (Å²) in [5.41, 5.74) is 6.86. The number of anilines is 1. The van der Waals surface area contributed by atoms with Crippen LogP contribution in [0.15, 0.2) is 18.2 Å². The molecule has 1 heterocycles. The molecule has 1 aliphatic rings. The van der Waals surface area contributed by atoms with Crippen molar-refractivity contribution in [3.63, 3.8) is 0 Å². The highest BCUT2D eigenvalue weighted by atomic mass is 16.5. The Labute approximate surface area is 120 Å². The first-order valence-electron chi connectivity index (χ1n) is 7.03. The predicted octanol–water partition coefficient (Wildman–Crippen LogP) is 1.45. The molecule has 5 nitrogen and oxygen atoms in total. The molecule has 2 rings (SSSR count). The Morgan fingerprint density at radius 1 is 1.40 bits per heavy atom. The lowest BCUT2D eigenvalue weighted by molar-refractivity contribution is 0.0779. The highest BCUT2D eigenvalue weighted by Crippen LogP contribution is 2.26. The zero-order valence-electron chi connectivity index (χ0n) is 12.3. The van der Waals surface area contributed by atoms with Crippen molar-refractivity contribution in [3.05, 3.63) is 23.8 Å². The van der Waals surface area contributed by atoms with Crippen LogP contribution in [0, 0.1) is 0 Å². The summed E-state index contributed by atoms with van der Waals surface area (Å²) in [6.45, 7) is 3.93. The third-order valence-corrected chi connectivity index (χ3v) is 3.78. The van der Waals surface area contributed by atoms with Gasteiger partial charge in [0.25, 0.3) is 5.91 Å². The molecule has 0 radical (unpaired) electrons. The van der Waals surface area contributed by atoms with Crippen molar-refractivity contribution in [1.82, 2.24) is 9.80 Å². The predicted molar refractivity (Wildman–Crippen MR) is 80.0 cm³/mol. The third kappa shape index (κ3) is 3.22. The molecule has 1 aromatic rings. The van der Waals surface area contributed by atoms with E-state index in [-0.39, 0.29) is 5.91 Å². The van der Waals surface area contributed by atoms with E-state index >= 15 is 0 Å². The zero-order valence-corrected chi connectivity index (χ0v) is 12.3. The van der Waals surface area contributed by atoms with Crippen molar-refractivity contribution in [2.75, 3.05) is 46.1 Å². The van der Waals surface area contributed by atoms with E-state index < -0.39 is 0 Å². The highest BCUT2D eigenvalue weighted by molar-refractivity contribution is 5.98. The summed E-state index contributed by atoms with van der Waals surface area (Å²) in [6.07, 6.45) is 2.53. The molecule has 0 aliphatic carbocycles. The van der Waals surface area contributed by atoms with Gasteiger partial charge in [-0.2, -0.15) is 0 Å². The molecule has 1 amide bonds. The Kier molecular flexibility index (Phi) is 4.84. The molecule has 1 fully saturated rings. The Morgan fingerprint density at radius 2 is 2.10 bits per heavy atom. The van der Waals surface area contributed by atoms with Crippen molar-refractivity contribution >= 4 is 11.6 Å². The van der Waals surface area contributed by atoms with Crippen LogP contribution in [0.4, 0.5) is 5.69 Å². The van der Waals surface area contributed by atoms with Crippen molar-refractivity contribution in [2.24, 2.45) is 0 Å². The average Bonchev–Trinajstić information content (AvgIpc) is 2.97. The zero-order chi connectivity index (χ0) is 14.5. The van der Waals surface area contributed by atoms with Crippen LogP contribution in [0.2, 0.25) is 0 Å². The van der Waals surface area contributed by atoms with Gasteiger partial charge in [-0.1, -0.05) is 6.07 Å². The van der Waals surface area contributed by atoms with Crippen LogP contribution in [0.5, 0.6) is 5.75 Å². The molecule has 2 N–H and O–H groups in total. The number of rotatable bonds is 5. The molecular weight excluding hydrogens is 254 g/mol. The van der Waals surface area contributed by atoms with E-state index in [1.165, 1.54) is 20.0 Å². The van der Waals surface area contributed by atoms with E-state index in [9.17, 15) is 4.79 Å². The smallest absolute Gasteiger partial charge is 0.257 e. The highest BCUT2D eigenvalue weighted by Gasteiger charge is 2.19. The monoisotopic (exact) mass is 277 g/mol. The van der Waals surface area contributed by atoms with Gasteiger partial charge in [0.05, 0.1) is 18.4 Å². The maximum Gasteiger partial charge on any atom is 0.257 e. The van der Waals surface area contributed by atoms with Crippen LogP contribution in [0.3, 0.4) is 0 Å². The maximum absolute atomic E-state index is 12.5. The van der Waals surface area contributed by atoms with Gasteiger partial charge in [0.2, 0.25) is 0 Å². The summed E-state index contributed by atoms with van der Waals surface area (Å²) < 4.78 is 5.24. The van der Waals surface area contributed by atoms with Crippen LogP contribution in [0.25, 0.3) is 0 Å². The summed E-state index contributed by atoms with van der Waals surface area (Å²) in [7, 11) is 3.35. The fourth-order valence-corrected chi connectivity index (χ4v) is 2.56. The summed E-state index contributed by atoms with van der Waals surface area (Å²) in [6, 6.07) is 5.27. The fourth-order valence-electron chi connectivity index (χ4n) is 2.56. The minimum absolute atomic E-state index is 0.0478. The number of nitrogen functional groups attached to an aromatic ring is 1. The second-order valence-corrected chi connectivity index (χ2v) is 5.20. The molecule has 1 saturated heterocycles. The minimum Gasteiger partial charge on any atom is -0.494 e. The summed E-state index contributed by atoms with van der Waals surface area (Å²) in [5.74, 6) is 0.416. The summed E-state index contributed by atoms with van der Waals surface area (Å²) in [4.78, 5) is 16.6. The molecule has 1 aromatic carbocycles.